The highest BCUT2D eigenvalue weighted by Crippen LogP contribution is 2.39. The standard InChI is InChI=1S/C15H13NO4/c17-16(18)15-14(20-15)12-6-8-13(9-7-12)19-10-11-4-2-1-3-5-11/h1-9,14-15H,10H2. The minimum Gasteiger partial charge on any atom is -0.489 e. The molecule has 0 aliphatic carbocycles. The molecule has 2 aromatic rings. The summed E-state index contributed by atoms with van der Waals surface area (Å²) >= 11 is 0. The second-order valence-electron chi connectivity index (χ2n) is 4.58. The van der Waals surface area contributed by atoms with Gasteiger partial charge in [0.25, 0.3) is 0 Å². The molecule has 1 heterocycles. The van der Waals surface area contributed by atoms with Crippen molar-refractivity contribution < 1.29 is 14.4 Å². The van der Waals surface area contributed by atoms with Crippen molar-refractivity contribution >= 4 is 0 Å². The molecule has 0 N–H and O–H groups in total. The van der Waals surface area contributed by atoms with Crippen LogP contribution in [-0.2, 0) is 11.3 Å². The molecule has 1 aliphatic rings. The van der Waals surface area contributed by atoms with Crippen LogP contribution >= 0.6 is 0 Å². The molecule has 2 atom stereocenters. The lowest BCUT2D eigenvalue weighted by atomic mass is 10.1. The summed E-state index contributed by atoms with van der Waals surface area (Å²) in [6, 6.07) is 17.1. The van der Waals surface area contributed by atoms with E-state index < -0.39 is 17.3 Å². The lowest BCUT2D eigenvalue weighted by molar-refractivity contribution is -0.516. The fourth-order valence-electron chi connectivity index (χ4n) is 2.00. The molecular weight excluding hydrogens is 258 g/mol. The van der Waals surface area contributed by atoms with Gasteiger partial charge in [0, 0.05) is 0 Å². The quantitative estimate of drug-likeness (QED) is 0.476. The van der Waals surface area contributed by atoms with Gasteiger partial charge in [0.1, 0.15) is 12.4 Å². The molecule has 1 fully saturated rings. The van der Waals surface area contributed by atoms with Crippen LogP contribution in [-0.4, -0.2) is 11.2 Å². The van der Waals surface area contributed by atoms with Crippen LogP contribution in [0.4, 0.5) is 0 Å². The molecular formula is C15H13NO4. The Morgan fingerprint density at radius 2 is 1.80 bits per heavy atom. The maximum Gasteiger partial charge on any atom is 0.347 e. The molecule has 0 spiro atoms. The van der Waals surface area contributed by atoms with Crippen LogP contribution in [0.3, 0.4) is 0 Å². The number of epoxide rings is 1. The number of hydrogen-bond acceptors (Lipinski definition) is 4. The topological polar surface area (TPSA) is 64.9 Å². The number of nitro groups is 1. The summed E-state index contributed by atoms with van der Waals surface area (Å²) in [5.41, 5.74) is 1.90. The van der Waals surface area contributed by atoms with Crippen molar-refractivity contribution in [3.05, 3.63) is 75.8 Å². The number of nitrogens with zero attached hydrogens (tertiary/aromatic N) is 1. The minimum absolute atomic E-state index is 0.412. The summed E-state index contributed by atoms with van der Waals surface area (Å²) in [6.45, 7) is 0.498. The summed E-state index contributed by atoms with van der Waals surface area (Å²) in [4.78, 5) is 10.1. The summed E-state index contributed by atoms with van der Waals surface area (Å²) in [6.07, 6.45) is -1.32. The van der Waals surface area contributed by atoms with E-state index in [1.165, 1.54) is 0 Å². The van der Waals surface area contributed by atoms with Gasteiger partial charge < -0.3 is 4.74 Å². The van der Waals surface area contributed by atoms with Crippen LogP contribution in [0.1, 0.15) is 17.2 Å². The van der Waals surface area contributed by atoms with Crippen LogP contribution in [0.25, 0.3) is 0 Å². The van der Waals surface area contributed by atoms with Crippen molar-refractivity contribution in [1.29, 1.82) is 0 Å². The largest absolute Gasteiger partial charge is 0.489 e. The molecule has 102 valence electrons. The fraction of sp³-hybridized carbons (Fsp3) is 0.200. The Bertz CT molecular complexity index is 597. The highest BCUT2D eigenvalue weighted by Gasteiger charge is 2.51. The first-order valence-corrected chi connectivity index (χ1v) is 6.30. The van der Waals surface area contributed by atoms with E-state index in [0.29, 0.717) is 6.61 Å². The molecule has 0 radical (unpaired) electrons. The van der Waals surface area contributed by atoms with Crippen molar-refractivity contribution in [2.24, 2.45) is 0 Å². The molecule has 1 aliphatic heterocycles. The van der Waals surface area contributed by atoms with Gasteiger partial charge in [-0.25, -0.2) is 0 Å². The van der Waals surface area contributed by atoms with E-state index in [4.69, 9.17) is 9.47 Å². The molecule has 3 rings (SSSR count). The average Bonchev–Trinajstić information content (AvgIpc) is 3.27. The van der Waals surface area contributed by atoms with E-state index in [1.54, 1.807) is 24.3 Å². The first-order valence-electron chi connectivity index (χ1n) is 6.30. The van der Waals surface area contributed by atoms with Crippen molar-refractivity contribution in [3.8, 4) is 5.75 Å². The second kappa shape index (κ2) is 5.30. The zero-order chi connectivity index (χ0) is 13.9. The molecule has 20 heavy (non-hydrogen) atoms. The van der Waals surface area contributed by atoms with Crippen molar-refractivity contribution in [3.63, 3.8) is 0 Å². The SMILES string of the molecule is O=[N+]([O-])C1OC1c1ccc(OCc2ccccc2)cc1. The van der Waals surface area contributed by atoms with Crippen molar-refractivity contribution in [2.45, 2.75) is 18.9 Å². The van der Waals surface area contributed by atoms with E-state index in [1.807, 2.05) is 30.3 Å². The van der Waals surface area contributed by atoms with Crippen LogP contribution in [0.2, 0.25) is 0 Å². The van der Waals surface area contributed by atoms with Crippen LogP contribution in [0.5, 0.6) is 5.75 Å². The van der Waals surface area contributed by atoms with E-state index in [-0.39, 0.29) is 0 Å². The van der Waals surface area contributed by atoms with Crippen molar-refractivity contribution in [2.75, 3.05) is 0 Å². The Hall–Kier alpha value is -2.40. The first kappa shape index (κ1) is 12.6. The van der Waals surface area contributed by atoms with E-state index in [9.17, 15) is 10.1 Å². The lowest BCUT2D eigenvalue weighted by Gasteiger charge is -2.06. The van der Waals surface area contributed by atoms with Crippen molar-refractivity contribution in [1.82, 2.24) is 0 Å². The van der Waals surface area contributed by atoms with Crippen LogP contribution < -0.4 is 4.74 Å². The molecule has 2 aromatic carbocycles. The second-order valence-corrected chi connectivity index (χ2v) is 4.58. The van der Waals surface area contributed by atoms with Gasteiger partial charge in [0.2, 0.25) is 0 Å². The number of benzene rings is 2. The van der Waals surface area contributed by atoms with Crippen LogP contribution in [0.15, 0.2) is 54.6 Å². The smallest absolute Gasteiger partial charge is 0.347 e. The Balaban J connectivity index is 1.58. The van der Waals surface area contributed by atoms with Gasteiger partial charge in [-0.1, -0.05) is 42.5 Å². The van der Waals surface area contributed by atoms with Gasteiger partial charge in [-0.05, 0) is 23.3 Å². The van der Waals surface area contributed by atoms with Gasteiger partial charge in [0.05, 0.1) is 4.92 Å². The van der Waals surface area contributed by atoms with Gasteiger partial charge in [-0.15, -0.1) is 0 Å². The monoisotopic (exact) mass is 271 g/mol. The zero-order valence-corrected chi connectivity index (χ0v) is 10.6. The highest BCUT2D eigenvalue weighted by atomic mass is 16.7. The van der Waals surface area contributed by atoms with Crippen LogP contribution in [0, 0.1) is 10.1 Å². The Morgan fingerprint density at radius 3 is 2.40 bits per heavy atom. The van der Waals surface area contributed by atoms with Gasteiger partial charge >= 0.3 is 6.23 Å². The minimum atomic E-state index is -0.897. The van der Waals surface area contributed by atoms with Gasteiger partial charge in [-0.3, -0.25) is 14.9 Å². The van der Waals surface area contributed by atoms with Gasteiger partial charge in [0.15, 0.2) is 6.10 Å². The predicted molar refractivity (Wildman–Crippen MR) is 71.8 cm³/mol. The number of ether oxygens (including phenoxy) is 2. The number of hydrogen-bond donors (Lipinski definition) is 0. The van der Waals surface area contributed by atoms with E-state index >= 15 is 0 Å². The first-order chi connectivity index (χ1) is 9.74. The third kappa shape index (κ3) is 2.78. The highest BCUT2D eigenvalue weighted by molar-refractivity contribution is 5.30. The zero-order valence-electron chi connectivity index (χ0n) is 10.6. The molecule has 0 amide bonds. The Labute approximate surface area is 115 Å². The maximum atomic E-state index is 10.5. The van der Waals surface area contributed by atoms with E-state index in [0.717, 1.165) is 16.9 Å². The predicted octanol–water partition coefficient (Wildman–Crippen LogP) is 2.94. The molecule has 2 unspecified atom stereocenters. The summed E-state index contributed by atoms with van der Waals surface area (Å²) in [5, 5.41) is 10.5. The molecule has 1 saturated heterocycles. The summed E-state index contributed by atoms with van der Waals surface area (Å²) in [5.74, 6) is 0.732. The molecule has 5 heteroatoms. The third-order valence-corrected chi connectivity index (χ3v) is 3.13. The van der Waals surface area contributed by atoms with Gasteiger partial charge in [-0.2, -0.15) is 0 Å². The fourth-order valence-corrected chi connectivity index (χ4v) is 2.00. The lowest BCUT2D eigenvalue weighted by Crippen LogP contribution is -2.03. The summed E-state index contributed by atoms with van der Waals surface area (Å²) < 4.78 is 10.6. The molecule has 0 bridgehead atoms. The Kier molecular flexibility index (Phi) is 3.35. The average molecular weight is 271 g/mol. The van der Waals surface area contributed by atoms with E-state index in [2.05, 4.69) is 0 Å². The molecule has 0 aromatic heterocycles. The normalized spacial score (nSPS) is 20.4. The maximum absolute atomic E-state index is 10.5. The molecule has 0 saturated carbocycles. The molecule has 5 nitrogen and oxygen atoms in total. The Morgan fingerprint density at radius 1 is 1.10 bits per heavy atom. The number of rotatable bonds is 5. The summed E-state index contributed by atoms with van der Waals surface area (Å²) in [7, 11) is 0. The third-order valence-electron chi connectivity index (χ3n) is 3.13.